The van der Waals surface area contributed by atoms with Crippen molar-refractivity contribution in [1.82, 2.24) is 4.98 Å². The third kappa shape index (κ3) is 2.57. The van der Waals surface area contributed by atoms with Crippen LogP contribution in [0.25, 0.3) is 10.6 Å². The first-order chi connectivity index (χ1) is 8.41. The Balaban J connectivity index is 2.34. The van der Waals surface area contributed by atoms with Crippen LogP contribution in [0.2, 0.25) is 0 Å². The van der Waals surface area contributed by atoms with Gasteiger partial charge in [0.25, 0.3) is 5.92 Å². The molecule has 2 aromatic rings. The van der Waals surface area contributed by atoms with Gasteiger partial charge < -0.3 is 5.11 Å². The number of rotatable bonds is 3. The Hall–Kier alpha value is -1.33. The van der Waals surface area contributed by atoms with Crippen molar-refractivity contribution in [1.29, 1.82) is 0 Å². The highest BCUT2D eigenvalue weighted by molar-refractivity contribution is 7.15. The molecular weight excluding hydrogens is 256 g/mol. The van der Waals surface area contributed by atoms with E-state index in [4.69, 9.17) is 5.11 Å². The van der Waals surface area contributed by atoms with Crippen molar-refractivity contribution in [2.24, 2.45) is 0 Å². The molecule has 0 aliphatic rings. The van der Waals surface area contributed by atoms with Crippen LogP contribution in [0.3, 0.4) is 0 Å². The number of halogens is 2. The summed E-state index contributed by atoms with van der Waals surface area (Å²) in [6, 6.07) is 6.08. The van der Waals surface area contributed by atoms with Gasteiger partial charge in [0.15, 0.2) is 0 Å². The van der Waals surface area contributed by atoms with E-state index in [1.165, 1.54) is 23.5 Å². The maximum absolute atomic E-state index is 13.1. The van der Waals surface area contributed by atoms with Gasteiger partial charge >= 0.3 is 0 Å². The van der Waals surface area contributed by atoms with E-state index in [9.17, 15) is 8.78 Å². The van der Waals surface area contributed by atoms with Crippen molar-refractivity contribution in [3.63, 3.8) is 0 Å². The molecule has 2 nitrogen and oxygen atoms in total. The van der Waals surface area contributed by atoms with Crippen molar-refractivity contribution < 1.29 is 13.9 Å². The van der Waals surface area contributed by atoms with Gasteiger partial charge in [0.2, 0.25) is 0 Å². The molecule has 0 amide bonds. The predicted molar refractivity (Wildman–Crippen MR) is 67.8 cm³/mol. The summed E-state index contributed by atoms with van der Waals surface area (Å²) >= 11 is 1.38. The van der Waals surface area contributed by atoms with Crippen LogP contribution >= 0.6 is 11.3 Å². The third-order valence-electron chi connectivity index (χ3n) is 2.68. The van der Waals surface area contributed by atoms with Gasteiger partial charge in [0.1, 0.15) is 5.01 Å². The van der Waals surface area contributed by atoms with Gasteiger partial charge in [-0.1, -0.05) is 24.3 Å². The van der Waals surface area contributed by atoms with E-state index in [2.05, 4.69) is 4.98 Å². The minimum Gasteiger partial charge on any atom is -0.391 e. The second kappa shape index (κ2) is 4.74. The molecule has 0 spiro atoms. The molecule has 1 aromatic heterocycles. The van der Waals surface area contributed by atoms with Crippen LogP contribution in [0.15, 0.2) is 24.3 Å². The van der Waals surface area contributed by atoms with E-state index >= 15 is 0 Å². The Morgan fingerprint density at radius 1 is 1.28 bits per heavy atom. The van der Waals surface area contributed by atoms with Gasteiger partial charge in [-0.15, -0.1) is 11.3 Å². The Kier molecular flexibility index (Phi) is 3.45. The number of aromatic nitrogens is 1. The van der Waals surface area contributed by atoms with E-state index in [1.807, 2.05) is 6.92 Å². The zero-order valence-electron chi connectivity index (χ0n) is 10.1. The molecule has 2 rings (SSSR count). The lowest BCUT2D eigenvalue weighted by Gasteiger charge is -2.10. The molecule has 0 aliphatic carbocycles. The minimum atomic E-state index is -2.83. The van der Waals surface area contributed by atoms with Gasteiger partial charge in [-0.25, -0.2) is 13.8 Å². The number of nitrogens with zero attached hydrogens (tertiary/aromatic N) is 1. The highest BCUT2D eigenvalue weighted by Crippen LogP contribution is 2.31. The quantitative estimate of drug-likeness (QED) is 0.921. The summed E-state index contributed by atoms with van der Waals surface area (Å²) in [7, 11) is 0. The summed E-state index contributed by atoms with van der Waals surface area (Å²) in [4.78, 5) is 5.12. The predicted octanol–water partition coefficient (Wildman–Crippen LogP) is 3.72. The molecule has 18 heavy (non-hydrogen) atoms. The molecular formula is C13H13F2NOS. The summed E-state index contributed by atoms with van der Waals surface area (Å²) < 4.78 is 26.1. The largest absolute Gasteiger partial charge is 0.391 e. The summed E-state index contributed by atoms with van der Waals surface area (Å²) in [5.74, 6) is -2.83. The van der Waals surface area contributed by atoms with Crippen LogP contribution in [-0.4, -0.2) is 10.1 Å². The van der Waals surface area contributed by atoms with Crippen molar-refractivity contribution in [3.05, 3.63) is 40.4 Å². The van der Waals surface area contributed by atoms with Crippen LogP contribution in [0.4, 0.5) is 8.78 Å². The standard InChI is InChI=1S/C13H13F2NOS/c1-8-11(7-17)18-12(16-8)9-3-5-10(6-4-9)13(2,14)15/h3-6,17H,7H2,1-2H3. The Morgan fingerprint density at radius 3 is 2.33 bits per heavy atom. The molecule has 0 unspecified atom stereocenters. The third-order valence-corrected chi connectivity index (χ3v) is 3.87. The smallest absolute Gasteiger partial charge is 0.270 e. The second-order valence-corrected chi connectivity index (χ2v) is 5.24. The van der Waals surface area contributed by atoms with E-state index < -0.39 is 5.92 Å². The lowest BCUT2D eigenvalue weighted by atomic mass is 10.1. The lowest BCUT2D eigenvalue weighted by Crippen LogP contribution is -2.06. The Bertz CT molecular complexity index is 543. The fourth-order valence-electron chi connectivity index (χ4n) is 1.60. The number of benzene rings is 1. The molecule has 0 atom stereocenters. The number of hydrogen-bond donors (Lipinski definition) is 1. The van der Waals surface area contributed by atoms with Crippen molar-refractivity contribution in [2.75, 3.05) is 0 Å². The number of thiazole rings is 1. The highest BCUT2D eigenvalue weighted by Gasteiger charge is 2.23. The summed E-state index contributed by atoms with van der Waals surface area (Å²) in [5.41, 5.74) is 1.56. The van der Waals surface area contributed by atoms with Crippen molar-refractivity contribution in [2.45, 2.75) is 26.4 Å². The fraction of sp³-hybridized carbons (Fsp3) is 0.308. The first-order valence-electron chi connectivity index (χ1n) is 5.47. The van der Waals surface area contributed by atoms with E-state index in [0.717, 1.165) is 28.1 Å². The average molecular weight is 269 g/mol. The van der Waals surface area contributed by atoms with Crippen molar-refractivity contribution in [3.8, 4) is 10.6 Å². The normalized spacial score (nSPS) is 11.8. The molecule has 1 heterocycles. The molecule has 0 bridgehead atoms. The maximum Gasteiger partial charge on any atom is 0.270 e. The number of aliphatic hydroxyl groups is 1. The molecule has 0 aliphatic heterocycles. The molecule has 96 valence electrons. The Morgan fingerprint density at radius 2 is 1.89 bits per heavy atom. The monoisotopic (exact) mass is 269 g/mol. The van der Waals surface area contributed by atoms with Crippen molar-refractivity contribution >= 4 is 11.3 Å². The average Bonchev–Trinajstić information content (AvgIpc) is 2.69. The topological polar surface area (TPSA) is 33.1 Å². The first kappa shape index (κ1) is 13.1. The minimum absolute atomic E-state index is 0.0121. The molecule has 5 heteroatoms. The van der Waals surface area contributed by atoms with Gasteiger partial charge in [0, 0.05) is 18.1 Å². The van der Waals surface area contributed by atoms with Gasteiger partial charge in [0.05, 0.1) is 17.2 Å². The fourth-order valence-corrected chi connectivity index (χ4v) is 2.53. The van der Waals surface area contributed by atoms with Crippen LogP contribution in [0.5, 0.6) is 0 Å². The number of aliphatic hydroxyl groups excluding tert-OH is 1. The number of alkyl halides is 2. The molecule has 0 saturated heterocycles. The summed E-state index contributed by atoms with van der Waals surface area (Å²) in [6.07, 6.45) is 0. The lowest BCUT2D eigenvalue weighted by molar-refractivity contribution is 0.0175. The molecule has 0 fully saturated rings. The van der Waals surface area contributed by atoms with Gasteiger partial charge in [-0.2, -0.15) is 0 Å². The molecule has 1 N–H and O–H groups in total. The van der Waals surface area contributed by atoms with Crippen LogP contribution in [0, 0.1) is 6.92 Å². The maximum atomic E-state index is 13.1. The number of hydrogen-bond acceptors (Lipinski definition) is 3. The highest BCUT2D eigenvalue weighted by atomic mass is 32.1. The van der Waals surface area contributed by atoms with E-state index in [0.29, 0.717) is 0 Å². The molecule has 0 saturated carbocycles. The number of aryl methyl sites for hydroxylation is 1. The van der Waals surface area contributed by atoms with Crippen LogP contribution in [0.1, 0.15) is 23.1 Å². The first-order valence-corrected chi connectivity index (χ1v) is 6.29. The van der Waals surface area contributed by atoms with Gasteiger partial charge in [-0.05, 0) is 6.92 Å². The Labute approximate surface area is 108 Å². The molecule has 1 aromatic carbocycles. The molecule has 0 radical (unpaired) electrons. The second-order valence-electron chi connectivity index (χ2n) is 4.15. The van der Waals surface area contributed by atoms with E-state index in [-0.39, 0.29) is 12.2 Å². The summed E-state index contributed by atoms with van der Waals surface area (Å²) in [6.45, 7) is 2.65. The summed E-state index contributed by atoms with van der Waals surface area (Å²) in [5, 5.41) is 9.84. The van der Waals surface area contributed by atoms with Crippen LogP contribution in [-0.2, 0) is 12.5 Å². The van der Waals surface area contributed by atoms with E-state index in [1.54, 1.807) is 12.1 Å². The SMILES string of the molecule is Cc1nc(-c2ccc(C(C)(F)F)cc2)sc1CO. The van der Waals surface area contributed by atoms with Crippen LogP contribution < -0.4 is 0 Å². The van der Waals surface area contributed by atoms with Gasteiger partial charge in [-0.3, -0.25) is 0 Å². The zero-order valence-corrected chi connectivity index (χ0v) is 10.9. The zero-order chi connectivity index (χ0) is 13.3.